The molecular formula is C45H38N4O5. The Morgan fingerprint density at radius 3 is 1.59 bits per heavy atom. The molecule has 2 aliphatic carbocycles. The van der Waals surface area contributed by atoms with Gasteiger partial charge >= 0.3 is 0 Å². The molecule has 9 heteroatoms. The number of aromatic hydroxyl groups is 1. The highest BCUT2D eigenvalue weighted by atomic mass is 16.3. The Labute approximate surface area is 312 Å². The number of phenolic OH excluding ortho intramolecular Hbond substituents is 1. The van der Waals surface area contributed by atoms with Gasteiger partial charge in [-0.05, 0) is 104 Å². The number of carbonyl (C=O) groups excluding carboxylic acids is 4. The van der Waals surface area contributed by atoms with Gasteiger partial charge < -0.3 is 15.7 Å². The second-order valence-corrected chi connectivity index (χ2v) is 14.6. The quantitative estimate of drug-likeness (QED) is 0.115. The van der Waals surface area contributed by atoms with Crippen LogP contribution >= 0.6 is 0 Å². The van der Waals surface area contributed by atoms with Gasteiger partial charge in [-0.2, -0.15) is 0 Å². The highest BCUT2D eigenvalue weighted by Gasteiger charge is 2.62. The number of carbonyl (C=O) groups is 4. The van der Waals surface area contributed by atoms with Gasteiger partial charge in [0.15, 0.2) is 0 Å². The average molecular weight is 715 g/mol. The summed E-state index contributed by atoms with van der Waals surface area (Å²) in [6, 6.07) is 39.3. The van der Waals surface area contributed by atoms with Crippen molar-refractivity contribution in [3.63, 3.8) is 0 Å². The lowest BCUT2D eigenvalue weighted by Crippen LogP contribution is -2.43. The van der Waals surface area contributed by atoms with Crippen molar-refractivity contribution in [3.05, 3.63) is 150 Å². The van der Waals surface area contributed by atoms with Crippen molar-refractivity contribution in [1.82, 2.24) is 0 Å². The van der Waals surface area contributed by atoms with Crippen LogP contribution in [-0.4, -0.2) is 28.7 Å². The fraction of sp³-hybridized carbons (Fsp3) is 0.200. The predicted octanol–water partition coefficient (Wildman–Crippen LogP) is 8.23. The summed E-state index contributed by atoms with van der Waals surface area (Å²) in [7, 11) is 0. The molecule has 0 radical (unpaired) electrons. The maximum Gasteiger partial charge on any atom is 0.238 e. The molecule has 4 aliphatic rings. The van der Waals surface area contributed by atoms with E-state index in [1.165, 1.54) is 9.80 Å². The molecule has 268 valence electrons. The summed E-state index contributed by atoms with van der Waals surface area (Å²) in [5.41, 5.74) is 6.46. The molecule has 54 heavy (non-hydrogen) atoms. The Morgan fingerprint density at radius 1 is 0.537 bits per heavy atom. The third-order valence-electron chi connectivity index (χ3n) is 11.6. The van der Waals surface area contributed by atoms with E-state index in [4.69, 9.17) is 0 Å². The number of benzene rings is 5. The van der Waals surface area contributed by atoms with E-state index in [1.54, 1.807) is 37.3 Å². The number of rotatable bonds is 7. The number of fused-ring (bicyclic) bond motifs is 4. The minimum absolute atomic E-state index is 0.0691. The number of para-hydroxylation sites is 3. The number of amides is 4. The number of phenols is 1. The number of anilines is 6. The molecule has 0 spiro atoms. The lowest BCUT2D eigenvalue weighted by atomic mass is 9.57. The van der Waals surface area contributed by atoms with Crippen molar-refractivity contribution in [2.24, 2.45) is 29.6 Å². The van der Waals surface area contributed by atoms with Crippen LogP contribution in [0.5, 0.6) is 5.75 Å². The number of hydrogen-bond acceptors (Lipinski definition) is 7. The first kappa shape index (κ1) is 33.4. The van der Waals surface area contributed by atoms with Crippen LogP contribution in [0.3, 0.4) is 0 Å². The molecule has 0 bridgehead atoms. The van der Waals surface area contributed by atoms with Crippen molar-refractivity contribution in [2.75, 3.05) is 20.4 Å². The maximum absolute atomic E-state index is 14.6. The molecule has 9 nitrogen and oxygen atoms in total. The zero-order chi connectivity index (χ0) is 37.1. The Balaban J connectivity index is 1.04. The van der Waals surface area contributed by atoms with Gasteiger partial charge in [-0.15, -0.1) is 0 Å². The zero-order valence-electron chi connectivity index (χ0n) is 29.6. The molecule has 5 aromatic carbocycles. The molecule has 2 heterocycles. The topological polar surface area (TPSA) is 119 Å². The van der Waals surface area contributed by atoms with E-state index in [0.29, 0.717) is 28.9 Å². The summed E-state index contributed by atoms with van der Waals surface area (Å²) in [5.74, 6) is -5.08. The molecule has 6 atom stereocenters. The van der Waals surface area contributed by atoms with Crippen LogP contribution in [0.4, 0.5) is 34.1 Å². The smallest absolute Gasteiger partial charge is 0.238 e. The first-order chi connectivity index (χ1) is 26.3. The molecule has 0 unspecified atom stereocenters. The molecule has 3 N–H and O–H groups in total. The van der Waals surface area contributed by atoms with E-state index in [-0.39, 0.29) is 35.8 Å². The average Bonchev–Trinajstić information content (AvgIpc) is 3.60. The van der Waals surface area contributed by atoms with Gasteiger partial charge in [0.2, 0.25) is 23.6 Å². The van der Waals surface area contributed by atoms with Crippen molar-refractivity contribution in [3.8, 4) is 5.75 Å². The highest BCUT2D eigenvalue weighted by Crippen LogP contribution is 2.59. The number of imide groups is 2. The summed E-state index contributed by atoms with van der Waals surface area (Å²) in [6.07, 6.45) is 2.58. The van der Waals surface area contributed by atoms with Gasteiger partial charge in [-0.25, -0.2) is 0 Å². The summed E-state index contributed by atoms with van der Waals surface area (Å²) in [5, 5.41) is 18.1. The van der Waals surface area contributed by atoms with Crippen LogP contribution in [-0.2, 0) is 19.2 Å². The van der Waals surface area contributed by atoms with Crippen LogP contribution < -0.4 is 20.4 Å². The Kier molecular flexibility index (Phi) is 8.14. The second kappa shape index (κ2) is 13.2. The standard InChI is InChI=1S/C45H38N4O5/c1-26-9-8-14-34(41(26)50)38-33-23-24-35-39(44(53)48(42(35)51)31-19-15-29(16-20-31)46-27-10-4-2-5-11-27)36(33)25-37-40(38)45(54)49(43(37)52)32-21-17-30(18-22-32)47-28-12-6-3-7-13-28/h2-23,35-40,46-47,50H,24-25H2,1H3/t35-,36+,37+,38+,39-,40+/m0/s1. The van der Waals surface area contributed by atoms with Gasteiger partial charge in [0, 0.05) is 34.2 Å². The van der Waals surface area contributed by atoms with E-state index in [1.807, 2.05) is 103 Å². The van der Waals surface area contributed by atoms with Gasteiger partial charge in [0.25, 0.3) is 0 Å². The third-order valence-corrected chi connectivity index (χ3v) is 11.6. The Hall–Kier alpha value is -6.48. The monoisotopic (exact) mass is 714 g/mol. The fourth-order valence-corrected chi connectivity index (χ4v) is 9.14. The Morgan fingerprint density at radius 2 is 1.04 bits per heavy atom. The normalized spacial score (nSPS) is 24.5. The lowest BCUT2D eigenvalue weighted by molar-refractivity contribution is -0.126. The maximum atomic E-state index is 14.6. The van der Waals surface area contributed by atoms with Crippen LogP contribution in [0.25, 0.3) is 0 Å². The van der Waals surface area contributed by atoms with Gasteiger partial charge in [-0.1, -0.05) is 66.2 Å². The van der Waals surface area contributed by atoms with Crippen LogP contribution in [0.1, 0.15) is 29.9 Å². The molecule has 4 amide bonds. The van der Waals surface area contributed by atoms with Gasteiger partial charge in [0.1, 0.15) is 5.75 Å². The van der Waals surface area contributed by atoms with Crippen molar-refractivity contribution in [2.45, 2.75) is 25.7 Å². The molecular weight excluding hydrogens is 677 g/mol. The second-order valence-electron chi connectivity index (χ2n) is 14.6. The first-order valence-corrected chi connectivity index (χ1v) is 18.4. The van der Waals surface area contributed by atoms with Gasteiger partial charge in [0.05, 0.1) is 35.0 Å². The SMILES string of the molecule is Cc1cccc([C@H]2C3=CC[C@@H]4C(=O)N(c5ccc(Nc6ccccc6)cc5)C(=O)[C@@H]4[C@@H]3C[C@H]3C(=O)N(c4ccc(Nc5ccccc5)cc4)C(=O)[C@@H]23)c1O. The Bertz CT molecular complexity index is 2320. The number of aryl methyl sites for hydroxylation is 1. The molecule has 3 fully saturated rings. The minimum atomic E-state index is -0.778. The van der Waals surface area contributed by atoms with E-state index in [2.05, 4.69) is 10.6 Å². The summed E-state index contributed by atoms with van der Waals surface area (Å²) in [4.78, 5) is 60.1. The third kappa shape index (κ3) is 5.46. The van der Waals surface area contributed by atoms with E-state index in [9.17, 15) is 24.3 Å². The molecule has 2 aliphatic heterocycles. The van der Waals surface area contributed by atoms with Crippen LogP contribution in [0, 0.1) is 36.5 Å². The first-order valence-electron chi connectivity index (χ1n) is 18.4. The number of nitrogens with one attached hydrogen (secondary N) is 2. The van der Waals surface area contributed by atoms with Crippen molar-refractivity contribution >= 4 is 57.8 Å². The minimum Gasteiger partial charge on any atom is -0.507 e. The van der Waals surface area contributed by atoms with Crippen LogP contribution in [0.15, 0.2) is 139 Å². The summed E-state index contributed by atoms with van der Waals surface area (Å²) >= 11 is 0. The predicted molar refractivity (Wildman–Crippen MR) is 208 cm³/mol. The molecule has 9 rings (SSSR count). The molecule has 2 saturated heterocycles. The number of hydrogen-bond donors (Lipinski definition) is 3. The van der Waals surface area contributed by atoms with Crippen LogP contribution in [0.2, 0.25) is 0 Å². The van der Waals surface area contributed by atoms with Crippen molar-refractivity contribution < 1.29 is 24.3 Å². The van der Waals surface area contributed by atoms with E-state index < -0.39 is 35.5 Å². The summed E-state index contributed by atoms with van der Waals surface area (Å²) < 4.78 is 0. The number of allylic oxidation sites excluding steroid dienone is 2. The molecule has 1 saturated carbocycles. The largest absolute Gasteiger partial charge is 0.507 e. The van der Waals surface area contributed by atoms with Crippen molar-refractivity contribution in [1.29, 1.82) is 0 Å². The van der Waals surface area contributed by atoms with Gasteiger partial charge in [-0.3, -0.25) is 29.0 Å². The fourth-order valence-electron chi connectivity index (χ4n) is 9.14. The molecule has 5 aromatic rings. The molecule has 0 aromatic heterocycles. The number of nitrogens with zero attached hydrogens (tertiary/aromatic N) is 2. The lowest BCUT2D eigenvalue weighted by Gasteiger charge is -2.44. The summed E-state index contributed by atoms with van der Waals surface area (Å²) in [6.45, 7) is 1.80. The zero-order valence-corrected chi connectivity index (χ0v) is 29.6. The van der Waals surface area contributed by atoms with E-state index >= 15 is 0 Å². The highest BCUT2D eigenvalue weighted by molar-refractivity contribution is 6.24. The van der Waals surface area contributed by atoms with E-state index in [0.717, 1.165) is 28.3 Å².